The number of nitrogens with one attached hydrogen (secondary N) is 2. The largest absolute Gasteiger partial charge is 0.451 e. The molecular weight excluding hydrogens is 1460 g/mol. The molecule has 6 aromatic carbocycles. The third kappa shape index (κ3) is 21.4. The first-order chi connectivity index (χ1) is 51.0. The highest BCUT2D eigenvalue weighted by molar-refractivity contribution is 5.87. The molecule has 0 saturated heterocycles. The molecule has 0 aliphatic carbocycles. The van der Waals surface area contributed by atoms with E-state index >= 15 is 0 Å². The molecule has 12 rings (SSSR count). The van der Waals surface area contributed by atoms with E-state index in [-0.39, 0.29) is 143 Å². The van der Waals surface area contributed by atoms with E-state index in [0.717, 1.165) is 43.0 Å². The summed E-state index contributed by atoms with van der Waals surface area (Å²) >= 11 is 0. The fourth-order valence-corrected chi connectivity index (χ4v) is 12.0. The predicted octanol–water partition coefficient (Wildman–Crippen LogP) is 13.4. The van der Waals surface area contributed by atoms with Gasteiger partial charge in [-0.15, -0.1) is 30.6 Å². The van der Waals surface area contributed by atoms with Crippen molar-refractivity contribution in [3.8, 4) is 0 Å². The summed E-state index contributed by atoms with van der Waals surface area (Å²) < 4.78 is 242. The van der Waals surface area contributed by atoms with E-state index in [2.05, 4.69) is 41.2 Å². The third-order valence-corrected chi connectivity index (χ3v) is 17.6. The average Bonchev–Trinajstić information content (AvgIpc) is 1.65. The Hall–Kier alpha value is -10.5. The Balaban J connectivity index is 0.000000178. The van der Waals surface area contributed by atoms with Crippen LogP contribution in [0.2, 0.25) is 0 Å². The lowest BCUT2D eigenvalue weighted by Crippen LogP contribution is -2.43. The summed E-state index contributed by atoms with van der Waals surface area (Å²) in [5, 5.41) is 26.6. The van der Waals surface area contributed by atoms with Gasteiger partial charge in [0.15, 0.2) is 52.4 Å². The van der Waals surface area contributed by atoms with E-state index in [1.807, 2.05) is 112 Å². The van der Waals surface area contributed by atoms with Gasteiger partial charge < -0.3 is 44.8 Å². The van der Waals surface area contributed by atoms with E-state index in [1.165, 1.54) is 26.3 Å². The van der Waals surface area contributed by atoms with Crippen molar-refractivity contribution in [1.82, 2.24) is 69.6 Å². The van der Waals surface area contributed by atoms with Gasteiger partial charge in [-0.2, -0.15) is 39.5 Å². The number of halogens is 18. The molecule has 0 saturated carbocycles. The van der Waals surface area contributed by atoms with E-state index < -0.39 is 118 Å². The zero-order valence-electron chi connectivity index (χ0n) is 57.5. The molecule has 9 aromatic rings. The molecule has 5 atom stereocenters. The number of allylic oxidation sites excluding steroid dienone is 1. The van der Waals surface area contributed by atoms with Gasteiger partial charge in [0.2, 0.25) is 35.2 Å². The number of nitrogens with two attached hydrogens (primary N) is 1. The van der Waals surface area contributed by atoms with Gasteiger partial charge in [-0.3, -0.25) is 14.4 Å². The Morgan fingerprint density at radius 3 is 1.06 bits per heavy atom. The zero-order chi connectivity index (χ0) is 78.5. The number of benzene rings is 6. The van der Waals surface area contributed by atoms with Gasteiger partial charge in [-0.1, -0.05) is 97.1 Å². The van der Waals surface area contributed by atoms with Gasteiger partial charge in [-0.25, -0.2) is 39.5 Å². The minimum Gasteiger partial charge on any atom is -0.333 e. The first-order valence-electron chi connectivity index (χ1n) is 33.3. The van der Waals surface area contributed by atoms with Crippen molar-refractivity contribution in [2.75, 3.05) is 19.6 Å². The minimum atomic E-state index is -4.66. The smallest absolute Gasteiger partial charge is 0.333 e. The quantitative estimate of drug-likeness (QED) is 0.0417. The highest BCUT2D eigenvalue weighted by atomic mass is 19.4. The molecule has 576 valence electrons. The Kier molecular flexibility index (Phi) is 26.8. The molecule has 0 bridgehead atoms. The number of hydrogen-bond acceptors (Lipinski definition) is 12. The van der Waals surface area contributed by atoms with Crippen LogP contribution in [-0.2, 0) is 91.4 Å². The van der Waals surface area contributed by atoms with Crippen molar-refractivity contribution in [3.63, 3.8) is 0 Å². The van der Waals surface area contributed by atoms with Crippen molar-refractivity contribution in [2.24, 2.45) is 5.73 Å². The lowest BCUT2D eigenvalue weighted by atomic mass is 9.99. The zero-order valence-corrected chi connectivity index (χ0v) is 57.5. The molecule has 3 aromatic heterocycles. The normalized spacial score (nSPS) is 15.1. The second-order valence-electron chi connectivity index (χ2n) is 25.3. The van der Waals surface area contributed by atoms with Crippen LogP contribution in [0, 0.1) is 52.4 Å². The minimum absolute atomic E-state index is 0.00183. The molecule has 4 N–H and O–H groups in total. The Morgan fingerprint density at radius 1 is 0.417 bits per heavy atom. The Morgan fingerprint density at radius 2 is 0.722 bits per heavy atom. The van der Waals surface area contributed by atoms with Crippen molar-refractivity contribution < 1.29 is 93.4 Å². The van der Waals surface area contributed by atoms with Crippen molar-refractivity contribution >= 4 is 17.7 Å². The fourth-order valence-electron chi connectivity index (χ4n) is 12.0. The lowest BCUT2D eigenvalue weighted by Gasteiger charge is -2.30. The van der Waals surface area contributed by atoms with Crippen LogP contribution in [0.4, 0.5) is 79.0 Å². The molecule has 0 radical (unpaired) electrons. The SMILES string of the molecule is C[C@H](N)c1ccccc1.C[C@H](N[C@@H](CC(=O)N1CCn2c(nnc2C(F)(F)F)C1)Cc1cc(F)c(F)cc1F)c1ccccc1.C[C@H](N[C@H](CC(=O)N1CCn2c(nnc2C(F)(F)F)C1)Cc1cc(F)c(F)cc1F)c1ccccc1.O=C(C=CCc1cc(F)c(F)cc1F)N1CCn2c(nnc2C(F)(F)F)C1. The molecule has 0 spiro atoms. The van der Waals surface area contributed by atoms with Gasteiger partial charge in [0, 0.05) is 101 Å². The second kappa shape index (κ2) is 35.5. The third-order valence-electron chi connectivity index (χ3n) is 17.6. The summed E-state index contributed by atoms with van der Waals surface area (Å²) in [6, 6.07) is 30.3. The maximum Gasteiger partial charge on any atom is 0.451 e. The molecule has 3 aliphatic heterocycles. The second-order valence-corrected chi connectivity index (χ2v) is 25.3. The van der Waals surface area contributed by atoms with Crippen LogP contribution in [0.3, 0.4) is 0 Å². The van der Waals surface area contributed by atoms with E-state index in [1.54, 1.807) is 0 Å². The first kappa shape index (κ1) is 81.6. The summed E-state index contributed by atoms with van der Waals surface area (Å²) in [7, 11) is 0. The summed E-state index contributed by atoms with van der Waals surface area (Å²) in [6.45, 7) is 4.84. The maximum absolute atomic E-state index is 14.4. The molecule has 3 amide bonds. The summed E-state index contributed by atoms with van der Waals surface area (Å²) in [5.74, 6) is -15.0. The van der Waals surface area contributed by atoms with E-state index in [4.69, 9.17) is 5.73 Å². The van der Waals surface area contributed by atoms with Gasteiger partial charge in [0.05, 0.1) is 19.6 Å². The van der Waals surface area contributed by atoms with Crippen LogP contribution in [0.1, 0.15) is 120 Å². The predicted molar refractivity (Wildman–Crippen MR) is 352 cm³/mol. The summed E-state index contributed by atoms with van der Waals surface area (Å²) in [5.41, 5.74) is 8.25. The fraction of sp³-hybridized carbons (Fsp3) is 0.347. The van der Waals surface area contributed by atoms with Gasteiger partial charge in [-0.05, 0) is 97.7 Å². The van der Waals surface area contributed by atoms with Crippen molar-refractivity contribution in [2.45, 2.75) is 141 Å². The topological polar surface area (TPSA) is 203 Å². The standard InChI is InChI=1S/2C24H23F6N5O.C16H12F6N4O.C8H11N/c2*1-14(15-5-3-2-4-6-15)31-17(9-16-10-19(26)20(27)12-18(16)25)11-22(36)34-7-8-35-21(13-34)32-33-23(35)24(28,29)30;17-10-7-12(19)11(18)6-9(10)2-1-3-14(27)25-4-5-26-13(8-25)23-24-15(26)16(20,21)22;1-7(9)8-5-3-2-4-6-8/h2*2-6,10,12,14,17,31H,7-9,11,13H2,1H3;1,3,6-7H,2,4-5,8H2;2-7H,9H2,1H3/t14-,17+;14-,17-;;7-/m00.0/s1. The summed E-state index contributed by atoms with van der Waals surface area (Å²) in [6.07, 6.45) is -12.3. The number of rotatable bonds is 18. The molecule has 0 unspecified atom stereocenters. The molecule has 36 heteroatoms. The molecular formula is C72H69F18N15O3. The van der Waals surface area contributed by atoms with E-state index in [9.17, 15) is 93.4 Å². The first-order valence-corrected chi connectivity index (χ1v) is 33.3. The lowest BCUT2D eigenvalue weighted by molar-refractivity contribution is -0.149. The highest BCUT2D eigenvalue weighted by Gasteiger charge is 2.43. The highest BCUT2D eigenvalue weighted by Crippen LogP contribution is 2.33. The number of nitrogens with zero attached hydrogens (tertiary/aromatic N) is 12. The van der Waals surface area contributed by atoms with Crippen molar-refractivity contribution in [3.05, 3.63) is 260 Å². The number of aromatic nitrogens is 9. The van der Waals surface area contributed by atoms with Crippen LogP contribution in [-0.4, -0.2) is 108 Å². The Bertz CT molecular complexity index is 4400. The number of carbonyl (C=O) groups excluding carboxylic acids is 3. The molecule has 6 heterocycles. The number of hydrogen-bond donors (Lipinski definition) is 3. The Labute approximate surface area is 605 Å². The van der Waals surface area contributed by atoms with Crippen LogP contribution in [0.25, 0.3) is 0 Å². The van der Waals surface area contributed by atoms with Gasteiger partial charge >= 0.3 is 18.5 Å². The van der Waals surface area contributed by atoms with E-state index in [0.29, 0.717) is 24.3 Å². The number of alkyl halides is 9. The van der Waals surface area contributed by atoms with Crippen LogP contribution in [0.15, 0.2) is 140 Å². The number of amides is 3. The van der Waals surface area contributed by atoms with Gasteiger partial charge in [0.1, 0.15) is 17.5 Å². The summed E-state index contributed by atoms with van der Waals surface area (Å²) in [4.78, 5) is 42.3. The number of fused-ring (bicyclic) bond motifs is 3. The average molecular weight is 1530 g/mol. The molecule has 3 aliphatic rings. The molecule has 18 nitrogen and oxygen atoms in total. The van der Waals surface area contributed by atoms with Crippen LogP contribution >= 0.6 is 0 Å². The monoisotopic (exact) mass is 1530 g/mol. The molecule has 0 fully saturated rings. The van der Waals surface area contributed by atoms with Crippen LogP contribution in [0.5, 0.6) is 0 Å². The van der Waals surface area contributed by atoms with Crippen molar-refractivity contribution in [1.29, 1.82) is 0 Å². The molecule has 108 heavy (non-hydrogen) atoms. The van der Waals surface area contributed by atoms with Crippen LogP contribution < -0.4 is 16.4 Å². The van der Waals surface area contributed by atoms with Gasteiger partial charge in [0.25, 0.3) is 0 Å². The number of carbonyl (C=O) groups is 3. The maximum atomic E-state index is 14.4.